The number of carbonyl (C=O) groups excluding carboxylic acids is 1. The Hall–Kier alpha value is -2.13. The Balaban J connectivity index is 1.88. The molecule has 2 N–H and O–H groups in total. The van der Waals surface area contributed by atoms with Crippen LogP contribution in [0.4, 0.5) is 0 Å². The van der Waals surface area contributed by atoms with Gasteiger partial charge in [0.2, 0.25) is 5.91 Å². The number of piperidine rings is 1. The molecule has 1 amide bonds. The van der Waals surface area contributed by atoms with Gasteiger partial charge < -0.3 is 10.6 Å². The van der Waals surface area contributed by atoms with Gasteiger partial charge in [0.1, 0.15) is 5.54 Å². The quantitative estimate of drug-likeness (QED) is 0.911. The van der Waals surface area contributed by atoms with Crippen LogP contribution < -0.4 is 10.6 Å². The number of hydrogen-bond acceptors (Lipinski definition) is 2. The third kappa shape index (κ3) is 3.45. The molecule has 3 nitrogen and oxygen atoms in total. The lowest BCUT2D eigenvalue weighted by Gasteiger charge is -2.37. The van der Waals surface area contributed by atoms with Gasteiger partial charge in [0.15, 0.2) is 0 Å². The van der Waals surface area contributed by atoms with Crippen molar-refractivity contribution in [1.82, 2.24) is 10.6 Å². The van der Waals surface area contributed by atoms with Gasteiger partial charge in [-0.1, -0.05) is 54.6 Å². The van der Waals surface area contributed by atoms with Gasteiger partial charge >= 0.3 is 0 Å². The summed E-state index contributed by atoms with van der Waals surface area (Å²) in [4.78, 5) is 12.5. The number of rotatable bonds is 4. The molecule has 0 bridgehead atoms. The minimum Gasteiger partial charge on any atom is -0.358 e. The number of carbonyl (C=O) groups is 1. The zero-order valence-electron chi connectivity index (χ0n) is 13.6. The van der Waals surface area contributed by atoms with Crippen molar-refractivity contribution in [2.75, 3.05) is 13.6 Å². The molecule has 1 unspecified atom stereocenters. The first-order valence-electron chi connectivity index (χ1n) is 8.35. The van der Waals surface area contributed by atoms with Crippen molar-refractivity contribution in [2.45, 2.75) is 31.2 Å². The Morgan fingerprint density at radius 1 is 1.09 bits per heavy atom. The third-order valence-electron chi connectivity index (χ3n) is 4.70. The molecule has 0 spiro atoms. The molecular formula is C20H24N2O. The molecule has 1 saturated heterocycles. The molecule has 2 aromatic rings. The van der Waals surface area contributed by atoms with Gasteiger partial charge in [0, 0.05) is 7.05 Å². The lowest BCUT2D eigenvalue weighted by molar-refractivity contribution is -0.128. The van der Waals surface area contributed by atoms with Crippen LogP contribution in [0.5, 0.6) is 0 Å². The predicted molar refractivity (Wildman–Crippen MR) is 94.2 cm³/mol. The van der Waals surface area contributed by atoms with Crippen LogP contribution in [0.2, 0.25) is 0 Å². The van der Waals surface area contributed by atoms with E-state index >= 15 is 0 Å². The second kappa shape index (κ2) is 6.97. The second-order valence-electron chi connectivity index (χ2n) is 6.29. The third-order valence-corrected chi connectivity index (χ3v) is 4.70. The van der Waals surface area contributed by atoms with Gasteiger partial charge in [0.25, 0.3) is 0 Å². The van der Waals surface area contributed by atoms with E-state index in [1.54, 1.807) is 7.05 Å². The van der Waals surface area contributed by atoms with Crippen LogP contribution >= 0.6 is 0 Å². The first-order valence-corrected chi connectivity index (χ1v) is 8.35. The number of likely N-dealkylation sites (N-methyl/N-ethyl adjacent to an activating group) is 1. The highest BCUT2D eigenvalue weighted by atomic mass is 16.2. The lowest BCUT2D eigenvalue weighted by atomic mass is 9.82. The fourth-order valence-corrected chi connectivity index (χ4v) is 3.47. The molecule has 2 aromatic carbocycles. The van der Waals surface area contributed by atoms with Gasteiger partial charge in [-0.15, -0.1) is 0 Å². The SMILES string of the molecule is CNC(=O)C1(Cc2cccc(-c3ccccc3)c2)CCCCN1. The van der Waals surface area contributed by atoms with Crippen LogP contribution in [0.3, 0.4) is 0 Å². The highest BCUT2D eigenvalue weighted by molar-refractivity contribution is 5.86. The molecule has 1 heterocycles. The highest BCUT2D eigenvalue weighted by Gasteiger charge is 2.38. The fraction of sp³-hybridized carbons (Fsp3) is 0.350. The first-order chi connectivity index (χ1) is 11.2. The molecule has 0 radical (unpaired) electrons. The van der Waals surface area contributed by atoms with E-state index in [2.05, 4.69) is 59.2 Å². The minimum atomic E-state index is -0.470. The molecule has 1 atom stereocenters. The first kappa shape index (κ1) is 15.8. The molecule has 3 rings (SSSR count). The maximum absolute atomic E-state index is 12.5. The summed E-state index contributed by atoms with van der Waals surface area (Å²) in [5.74, 6) is 0.0994. The Kier molecular flexibility index (Phi) is 4.77. The summed E-state index contributed by atoms with van der Waals surface area (Å²) in [6.45, 7) is 0.909. The van der Waals surface area contributed by atoms with Crippen molar-refractivity contribution in [3.63, 3.8) is 0 Å². The van der Waals surface area contributed by atoms with E-state index in [0.29, 0.717) is 0 Å². The van der Waals surface area contributed by atoms with Crippen molar-refractivity contribution in [3.05, 3.63) is 60.2 Å². The maximum atomic E-state index is 12.5. The van der Waals surface area contributed by atoms with Gasteiger partial charge in [-0.25, -0.2) is 0 Å². The van der Waals surface area contributed by atoms with Crippen LogP contribution in [-0.4, -0.2) is 25.0 Å². The summed E-state index contributed by atoms with van der Waals surface area (Å²) in [5, 5.41) is 6.32. The Morgan fingerprint density at radius 3 is 2.57 bits per heavy atom. The monoisotopic (exact) mass is 308 g/mol. The van der Waals surface area contributed by atoms with E-state index in [0.717, 1.165) is 32.2 Å². The Bertz CT molecular complexity index is 660. The van der Waals surface area contributed by atoms with Crippen LogP contribution in [0.25, 0.3) is 11.1 Å². The average Bonchev–Trinajstić information content (AvgIpc) is 2.63. The molecule has 0 saturated carbocycles. The molecular weight excluding hydrogens is 284 g/mol. The molecule has 1 aliphatic heterocycles. The molecule has 120 valence electrons. The highest BCUT2D eigenvalue weighted by Crippen LogP contribution is 2.27. The number of benzene rings is 2. The van der Waals surface area contributed by atoms with E-state index in [4.69, 9.17) is 0 Å². The zero-order valence-corrected chi connectivity index (χ0v) is 13.6. The summed E-state index contributed by atoms with van der Waals surface area (Å²) in [5.41, 5.74) is 3.14. The van der Waals surface area contributed by atoms with E-state index in [1.165, 1.54) is 16.7 Å². The van der Waals surface area contributed by atoms with Crippen molar-refractivity contribution in [3.8, 4) is 11.1 Å². The standard InChI is InChI=1S/C20H24N2O/c1-21-19(23)20(12-5-6-13-22-20)15-16-8-7-11-18(14-16)17-9-3-2-4-10-17/h2-4,7-11,14,22H,5-6,12-13,15H2,1H3,(H,21,23). The van der Waals surface area contributed by atoms with E-state index in [9.17, 15) is 4.79 Å². The fourth-order valence-electron chi connectivity index (χ4n) is 3.47. The van der Waals surface area contributed by atoms with Crippen LogP contribution in [-0.2, 0) is 11.2 Å². The van der Waals surface area contributed by atoms with Crippen LogP contribution in [0.1, 0.15) is 24.8 Å². The van der Waals surface area contributed by atoms with Crippen LogP contribution in [0, 0.1) is 0 Å². The number of hydrogen-bond donors (Lipinski definition) is 2. The number of nitrogens with one attached hydrogen (secondary N) is 2. The summed E-state index contributed by atoms with van der Waals surface area (Å²) >= 11 is 0. The molecule has 1 aliphatic rings. The summed E-state index contributed by atoms with van der Waals surface area (Å²) in [7, 11) is 1.72. The van der Waals surface area contributed by atoms with Gasteiger partial charge in [-0.3, -0.25) is 4.79 Å². The second-order valence-corrected chi connectivity index (χ2v) is 6.29. The molecule has 1 fully saturated rings. The zero-order chi connectivity index (χ0) is 16.1. The van der Waals surface area contributed by atoms with Gasteiger partial charge in [-0.2, -0.15) is 0 Å². The summed E-state index contributed by atoms with van der Waals surface area (Å²) in [6.07, 6.45) is 3.86. The topological polar surface area (TPSA) is 41.1 Å². The Morgan fingerprint density at radius 2 is 1.87 bits per heavy atom. The smallest absolute Gasteiger partial charge is 0.240 e. The lowest BCUT2D eigenvalue weighted by Crippen LogP contribution is -2.59. The largest absolute Gasteiger partial charge is 0.358 e. The van der Waals surface area contributed by atoms with Gasteiger partial charge in [0.05, 0.1) is 0 Å². The number of amides is 1. The van der Waals surface area contributed by atoms with Crippen molar-refractivity contribution < 1.29 is 4.79 Å². The molecule has 0 aromatic heterocycles. The van der Waals surface area contributed by atoms with E-state index in [-0.39, 0.29) is 5.91 Å². The van der Waals surface area contributed by atoms with E-state index < -0.39 is 5.54 Å². The maximum Gasteiger partial charge on any atom is 0.240 e. The van der Waals surface area contributed by atoms with Crippen molar-refractivity contribution in [2.24, 2.45) is 0 Å². The molecule has 3 heteroatoms. The summed E-state index contributed by atoms with van der Waals surface area (Å²) < 4.78 is 0. The minimum absolute atomic E-state index is 0.0994. The predicted octanol–water partition coefficient (Wildman–Crippen LogP) is 3.15. The average molecular weight is 308 g/mol. The summed E-state index contributed by atoms with van der Waals surface area (Å²) in [6, 6.07) is 18.9. The molecule has 0 aliphatic carbocycles. The van der Waals surface area contributed by atoms with Crippen molar-refractivity contribution >= 4 is 5.91 Å². The van der Waals surface area contributed by atoms with Crippen molar-refractivity contribution in [1.29, 1.82) is 0 Å². The normalized spacial score (nSPS) is 20.9. The Labute approximate surface area is 138 Å². The van der Waals surface area contributed by atoms with Gasteiger partial charge in [-0.05, 0) is 48.9 Å². The van der Waals surface area contributed by atoms with E-state index in [1.807, 2.05) is 6.07 Å². The molecule has 23 heavy (non-hydrogen) atoms. The van der Waals surface area contributed by atoms with Crippen LogP contribution in [0.15, 0.2) is 54.6 Å².